The Morgan fingerprint density at radius 3 is 2.17 bits per heavy atom. The first-order valence-electron chi connectivity index (χ1n) is 7.85. The van der Waals surface area contributed by atoms with E-state index in [1.54, 1.807) is 43.2 Å². The Bertz CT molecular complexity index is 667. The number of ether oxygens (including phenoxy) is 1. The van der Waals surface area contributed by atoms with Crippen molar-refractivity contribution in [2.24, 2.45) is 0 Å². The van der Waals surface area contributed by atoms with E-state index in [-0.39, 0.29) is 5.91 Å². The van der Waals surface area contributed by atoms with E-state index in [2.05, 4.69) is 4.90 Å². The molecule has 7 nitrogen and oxygen atoms in total. The van der Waals surface area contributed by atoms with Crippen LogP contribution >= 0.6 is 0 Å². The standard InChI is InChI=1S/C16H25N3O4S/c1-13(16(20)18-11-9-17(2)10-12-18)19(24(4,21)22)14-5-7-15(23-3)8-6-14/h5-8,13H,9-12H2,1-4H3/t13-/m1/s1. The zero-order valence-corrected chi connectivity index (χ0v) is 15.4. The number of amides is 1. The molecular formula is C16H25N3O4S. The van der Waals surface area contributed by atoms with Crippen LogP contribution in [0.4, 0.5) is 5.69 Å². The van der Waals surface area contributed by atoms with Gasteiger partial charge in [-0.25, -0.2) is 8.42 Å². The van der Waals surface area contributed by atoms with Crippen molar-refractivity contribution in [2.75, 3.05) is 50.9 Å². The molecule has 1 heterocycles. The minimum absolute atomic E-state index is 0.177. The van der Waals surface area contributed by atoms with Gasteiger partial charge >= 0.3 is 0 Å². The van der Waals surface area contributed by atoms with Gasteiger partial charge in [0.25, 0.3) is 0 Å². The lowest BCUT2D eigenvalue weighted by Crippen LogP contribution is -2.54. The minimum atomic E-state index is -3.60. The second-order valence-electron chi connectivity index (χ2n) is 6.06. The summed E-state index contributed by atoms with van der Waals surface area (Å²) < 4.78 is 30.8. The van der Waals surface area contributed by atoms with Crippen LogP contribution in [0, 0.1) is 0 Å². The summed E-state index contributed by atoms with van der Waals surface area (Å²) in [6.07, 6.45) is 1.12. The number of hydrogen-bond donors (Lipinski definition) is 0. The maximum absolute atomic E-state index is 12.8. The first-order chi connectivity index (χ1) is 11.2. The number of sulfonamides is 1. The number of carbonyl (C=O) groups is 1. The Kier molecular flexibility index (Phi) is 5.71. The number of nitrogens with zero attached hydrogens (tertiary/aromatic N) is 3. The lowest BCUT2D eigenvalue weighted by atomic mass is 10.2. The fourth-order valence-electron chi connectivity index (χ4n) is 2.82. The van der Waals surface area contributed by atoms with Crippen molar-refractivity contribution >= 4 is 21.6 Å². The van der Waals surface area contributed by atoms with Crippen LogP contribution in [0.25, 0.3) is 0 Å². The first kappa shape index (κ1) is 18.5. The predicted molar refractivity (Wildman–Crippen MR) is 93.9 cm³/mol. The van der Waals surface area contributed by atoms with E-state index >= 15 is 0 Å². The number of carbonyl (C=O) groups excluding carboxylic acids is 1. The molecule has 0 radical (unpaired) electrons. The van der Waals surface area contributed by atoms with Gasteiger partial charge in [0.2, 0.25) is 15.9 Å². The van der Waals surface area contributed by atoms with E-state index in [1.807, 2.05) is 7.05 Å². The quantitative estimate of drug-likeness (QED) is 0.775. The van der Waals surface area contributed by atoms with Gasteiger partial charge in [0.05, 0.1) is 19.1 Å². The molecular weight excluding hydrogens is 330 g/mol. The third kappa shape index (κ3) is 4.18. The normalized spacial score (nSPS) is 17.4. The number of methoxy groups -OCH3 is 1. The summed E-state index contributed by atoms with van der Waals surface area (Å²) >= 11 is 0. The van der Waals surface area contributed by atoms with E-state index in [4.69, 9.17) is 4.74 Å². The second-order valence-corrected chi connectivity index (χ2v) is 7.92. The van der Waals surface area contributed by atoms with Gasteiger partial charge in [-0.15, -0.1) is 0 Å². The van der Waals surface area contributed by atoms with Crippen molar-refractivity contribution in [3.8, 4) is 5.75 Å². The summed E-state index contributed by atoms with van der Waals surface area (Å²) in [5.74, 6) is 0.453. The summed E-state index contributed by atoms with van der Waals surface area (Å²) in [4.78, 5) is 16.6. The highest BCUT2D eigenvalue weighted by atomic mass is 32.2. The van der Waals surface area contributed by atoms with Gasteiger partial charge in [0.1, 0.15) is 11.8 Å². The number of anilines is 1. The van der Waals surface area contributed by atoms with Crippen molar-refractivity contribution in [3.63, 3.8) is 0 Å². The van der Waals surface area contributed by atoms with E-state index in [0.29, 0.717) is 24.5 Å². The Morgan fingerprint density at radius 1 is 1.17 bits per heavy atom. The summed E-state index contributed by atoms with van der Waals surface area (Å²) in [7, 11) is -0.0468. The van der Waals surface area contributed by atoms with Gasteiger partial charge in [-0.3, -0.25) is 9.10 Å². The van der Waals surface area contributed by atoms with Gasteiger partial charge in [-0.2, -0.15) is 0 Å². The highest BCUT2D eigenvalue weighted by Gasteiger charge is 2.32. The van der Waals surface area contributed by atoms with Crippen LogP contribution in [0.2, 0.25) is 0 Å². The van der Waals surface area contributed by atoms with Gasteiger partial charge < -0.3 is 14.5 Å². The zero-order valence-electron chi connectivity index (χ0n) is 14.6. The lowest BCUT2D eigenvalue weighted by Gasteiger charge is -2.36. The predicted octanol–water partition coefficient (Wildman–Crippen LogP) is 0.624. The monoisotopic (exact) mass is 355 g/mol. The van der Waals surface area contributed by atoms with E-state index in [1.165, 1.54) is 4.31 Å². The fourth-order valence-corrected chi connectivity index (χ4v) is 3.99. The van der Waals surface area contributed by atoms with Gasteiger partial charge in [0.15, 0.2) is 0 Å². The van der Waals surface area contributed by atoms with Gasteiger partial charge in [0, 0.05) is 26.2 Å². The van der Waals surface area contributed by atoms with E-state index in [9.17, 15) is 13.2 Å². The van der Waals surface area contributed by atoms with Gasteiger partial charge in [-0.1, -0.05) is 0 Å². The van der Waals surface area contributed by atoms with Crippen molar-refractivity contribution < 1.29 is 17.9 Å². The highest BCUT2D eigenvalue weighted by molar-refractivity contribution is 7.92. The molecule has 1 amide bonds. The third-order valence-corrected chi connectivity index (χ3v) is 5.45. The molecule has 134 valence electrons. The number of likely N-dealkylation sites (N-methyl/N-ethyl adjacent to an activating group) is 1. The molecule has 1 aliphatic rings. The third-order valence-electron chi connectivity index (χ3n) is 4.21. The lowest BCUT2D eigenvalue weighted by molar-refractivity contribution is -0.133. The second kappa shape index (κ2) is 7.40. The molecule has 0 saturated carbocycles. The van der Waals surface area contributed by atoms with Crippen LogP contribution < -0.4 is 9.04 Å². The molecule has 0 spiro atoms. The molecule has 2 rings (SSSR count). The highest BCUT2D eigenvalue weighted by Crippen LogP contribution is 2.24. The summed E-state index contributed by atoms with van der Waals surface area (Å²) in [5, 5.41) is 0. The Morgan fingerprint density at radius 2 is 1.71 bits per heavy atom. The number of rotatable bonds is 5. The summed E-state index contributed by atoms with van der Waals surface area (Å²) in [5.41, 5.74) is 0.452. The molecule has 1 atom stereocenters. The Hall–Kier alpha value is -1.80. The summed E-state index contributed by atoms with van der Waals surface area (Å²) in [6, 6.07) is 5.86. The molecule has 1 saturated heterocycles. The minimum Gasteiger partial charge on any atom is -0.497 e. The molecule has 0 N–H and O–H groups in total. The molecule has 0 aromatic heterocycles. The van der Waals surface area contributed by atoms with Crippen molar-refractivity contribution in [1.29, 1.82) is 0 Å². The number of piperazine rings is 1. The average Bonchev–Trinajstić information content (AvgIpc) is 2.54. The molecule has 0 unspecified atom stereocenters. The molecule has 0 bridgehead atoms. The molecule has 1 fully saturated rings. The van der Waals surface area contributed by atoms with Crippen LogP contribution in [0.15, 0.2) is 24.3 Å². The Labute approximate surface area is 143 Å². The smallest absolute Gasteiger partial charge is 0.246 e. The van der Waals surface area contributed by atoms with Gasteiger partial charge in [-0.05, 0) is 38.2 Å². The number of benzene rings is 1. The maximum Gasteiger partial charge on any atom is 0.246 e. The first-order valence-corrected chi connectivity index (χ1v) is 9.69. The Balaban J connectivity index is 2.25. The van der Waals surface area contributed by atoms with Crippen molar-refractivity contribution in [2.45, 2.75) is 13.0 Å². The van der Waals surface area contributed by atoms with Crippen LogP contribution in [-0.2, 0) is 14.8 Å². The number of hydrogen-bond acceptors (Lipinski definition) is 5. The molecule has 1 aromatic carbocycles. The molecule has 1 aromatic rings. The van der Waals surface area contributed by atoms with E-state index in [0.717, 1.165) is 19.3 Å². The molecule has 0 aliphatic carbocycles. The van der Waals surface area contributed by atoms with Crippen LogP contribution in [0.5, 0.6) is 5.75 Å². The van der Waals surface area contributed by atoms with Crippen molar-refractivity contribution in [1.82, 2.24) is 9.80 Å². The molecule has 1 aliphatic heterocycles. The maximum atomic E-state index is 12.8. The van der Waals surface area contributed by atoms with E-state index < -0.39 is 16.1 Å². The topological polar surface area (TPSA) is 70.2 Å². The average molecular weight is 355 g/mol. The molecule has 24 heavy (non-hydrogen) atoms. The van der Waals surface area contributed by atoms with Crippen LogP contribution in [0.1, 0.15) is 6.92 Å². The SMILES string of the molecule is COc1ccc(N([C@H](C)C(=O)N2CCN(C)CC2)S(C)(=O)=O)cc1. The van der Waals surface area contributed by atoms with Crippen LogP contribution in [0.3, 0.4) is 0 Å². The van der Waals surface area contributed by atoms with Crippen molar-refractivity contribution in [3.05, 3.63) is 24.3 Å². The fraction of sp³-hybridized carbons (Fsp3) is 0.562. The summed E-state index contributed by atoms with van der Waals surface area (Å²) in [6.45, 7) is 4.44. The van der Waals surface area contributed by atoms with Crippen LogP contribution in [-0.4, -0.2) is 76.8 Å². The largest absolute Gasteiger partial charge is 0.497 e. The zero-order chi connectivity index (χ0) is 17.9. The molecule has 8 heteroatoms.